The predicted octanol–water partition coefficient (Wildman–Crippen LogP) is 5.27. The summed E-state index contributed by atoms with van der Waals surface area (Å²) in [5, 5.41) is 14.1. The first-order valence-electron chi connectivity index (χ1n) is 11.7. The van der Waals surface area contributed by atoms with E-state index >= 15 is 0 Å². The number of thiophene rings is 1. The van der Waals surface area contributed by atoms with Crippen molar-refractivity contribution < 1.29 is 23.8 Å². The molecular weight excluding hydrogens is 524 g/mol. The van der Waals surface area contributed by atoms with E-state index in [1.807, 2.05) is 68.7 Å². The number of rotatable bonds is 10. The Morgan fingerprint density at radius 3 is 2.47 bits per heavy atom. The predicted molar refractivity (Wildman–Crippen MR) is 148 cm³/mol. The number of hydrogen-bond donors (Lipinski definition) is 1. The minimum atomic E-state index is -0.500. The van der Waals surface area contributed by atoms with Crippen molar-refractivity contribution in [2.24, 2.45) is 7.05 Å². The summed E-state index contributed by atoms with van der Waals surface area (Å²) in [5.41, 5.74) is 4.12. The molecule has 0 radical (unpaired) electrons. The third-order valence-corrected chi connectivity index (χ3v) is 7.72. The fourth-order valence-corrected chi connectivity index (χ4v) is 5.38. The molecule has 0 fully saturated rings. The Morgan fingerprint density at radius 2 is 1.76 bits per heavy atom. The number of benzene rings is 2. The number of amides is 1. The van der Waals surface area contributed by atoms with Gasteiger partial charge in [0.05, 0.1) is 20.0 Å². The second-order valence-electron chi connectivity index (χ2n) is 8.42. The van der Waals surface area contributed by atoms with Gasteiger partial charge in [-0.2, -0.15) is 0 Å². The van der Waals surface area contributed by atoms with Crippen LogP contribution >= 0.6 is 23.1 Å². The Kier molecular flexibility index (Phi) is 8.70. The molecule has 2 aromatic heterocycles. The number of esters is 1. The molecule has 0 saturated heterocycles. The van der Waals surface area contributed by atoms with Gasteiger partial charge in [-0.05, 0) is 49.2 Å². The second kappa shape index (κ2) is 12.1. The van der Waals surface area contributed by atoms with Crippen LogP contribution in [0.25, 0.3) is 11.1 Å². The van der Waals surface area contributed by atoms with Crippen LogP contribution in [0.15, 0.2) is 53.0 Å². The summed E-state index contributed by atoms with van der Waals surface area (Å²) in [6, 6.07) is 13.3. The summed E-state index contributed by atoms with van der Waals surface area (Å²) in [4.78, 5) is 25.5. The molecule has 1 amide bonds. The van der Waals surface area contributed by atoms with Crippen LogP contribution < -0.4 is 14.8 Å². The number of methoxy groups -OCH3 is 2. The van der Waals surface area contributed by atoms with Crippen molar-refractivity contribution in [2.75, 3.05) is 25.3 Å². The monoisotopic (exact) mass is 552 g/mol. The fraction of sp³-hybridized carbons (Fsp3) is 0.259. The van der Waals surface area contributed by atoms with Crippen LogP contribution in [0, 0.1) is 13.8 Å². The zero-order chi connectivity index (χ0) is 27.2. The van der Waals surface area contributed by atoms with E-state index in [4.69, 9.17) is 14.2 Å². The molecule has 0 aliphatic rings. The second-order valence-corrected chi connectivity index (χ2v) is 10.2. The van der Waals surface area contributed by atoms with Crippen molar-refractivity contribution in [1.29, 1.82) is 0 Å². The zero-order valence-corrected chi connectivity index (χ0v) is 23.4. The van der Waals surface area contributed by atoms with Gasteiger partial charge in [0, 0.05) is 18.0 Å². The molecular formula is C27H28N4O5S2. The molecule has 198 valence electrons. The molecule has 4 rings (SSSR count). The quantitative estimate of drug-likeness (QED) is 0.210. The van der Waals surface area contributed by atoms with Gasteiger partial charge in [-0.15, -0.1) is 21.5 Å². The van der Waals surface area contributed by atoms with E-state index in [0.29, 0.717) is 27.3 Å². The van der Waals surface area contributed by atoms with E-state index in [-0.39, 0.29) is 18.3 Å². The number of aryl methyl sites for hydroxylation is 2. The van der Waals surface area contributed by atoms with Crippen molar-refractivity contribution in [3.05, 3.63) is 70.4 Å². The summed E-state index contributed by atoms with van der Waals surface area (Å²) < 4.78 is 17.8. The van der Waals surface area contributed by atoms with Gasteiger partial charge in [0.15, 0.2) is 11.0 Å². The van der Waals surface area contributed by atoms with E-state index in [2.05, 4.69) is 15.5 Å². The Labute approximate surface area is 229 Å². The Balaban J connectivity index is 1.41. The number of thioether (sulfide) groups is 1. The Bertz CT molecular complexity index is 1450. The van der Waals surface area contributed by atoms with Gasteiger partial charge in [0.25, 0.3) is 0 Å². The highest BCUT2D eigenvalue weighted by Crippen LogP contribution is 2.38. The highest BCUT2D eigenvalue weighted by Gasteiger charge is 2.23. The maximum atomic E-state index is 12.8. The minimum Gasteiger partial charge on any atom is -0.497 e. The van der Waals surface area contributed by atoms with E-state index in [0.717, 1.165) is 28.0 Å². The summed E-state index contributed by atoms with van der Waals surface area (Å²) in [7, 11) is 4.76. The van der Waals surface area contributed by atoms with Crippen LogP contribution in [0.4, 0.5) is 5.00 Å². The normalized spacial score (nSPS) is 10.8. The first-order valence-corrected chi connectivity index (χ1v) is 13.5. The van der Waals surface area contributed by atoms with Gasteiger partial charge in [0.1, 0.15) is 28.7 Å². The number of carbonyl (C=O) groups excluding carboxylic acids is 2. The van der Waals surface area contributed by atoms with Crippen LogP contribution in [0.2, 0.25) is 0 Å². The van der Waals surface area contributed by atoms with Gasteiger partial charge >= 0.3 is 5.97 Å². The third-order valence-electron chi connectivity index (χ3n) is 5.80. The van der Waals surface area contributed by atoms with Crippen molar-refractivity contribution in [1.82, 2.24) is 14.8 Å². The smallest absolute Gasteiger partial charge is 0.341 e. The lowest BCUT2D eigenvalue weighted by molar-refractivity contribution is -0.113. The van der Waals surface area contributed by atoms with Crippen LogP contribution in [0.1, 0.15) is 27.3 Å². The van der Waals surface area contributed by atoms with Gasteiger partial charge in [-0.1, -0.05) is 35.5 Å². The molecule has 0 spiro atoms. The number of anilines is 1. The van der Waals surface area contributed by atoms with Crippen molar-refractivity contribution in [3.8, 4) is 22.6 Å². The lowest BCUT2D eigenvalue weighted by Gasteiger charge is -2.10. The van der Waals surface area contributed by atoms with Gasteiger partial charge in [0.2, 0.25) is 5.91 Å². The van der Waals surface area contributed by atoms with E-state index < -0.39 is 5.97 Å². The zero-order valence-electron chi connectivity index (χ0n) is 21.7. The molecule has 0 atom stereocenters. The fourth-order valence-electron chi connectivity index (χ4n) is 3.69. The molecule has 0 bridgehead atoms. The summed E-state index contributed by atoms with van der Waals surface area (Å²) in [6.07, 6.45) is 0. The largest absolute Gasteiger partial charge is 0.497 e. The highest BCUT2D eigenvalue weighted by atomic mass is 32.2. The molecule has 9 nitrogen and oxygen atoms in total. The topological polar surface area (TPSA) is 105 Å². The van der Waals surface area contributed by atoms with Gasteiger partial charge < -0.3 is 24.1 Å². The van der Waals surface area contributed by atoms with Crippen molar-refractivity contribution in [2.45, 2.75) is 25.6 Å². The molecule has 38 heavy (non-hydrogen) atoms. The van der Waals surface area contributed by atoms with Crippen molar-refractivity contribution in [3.63, 3.8) is 0 Å². The number of nitrogens with one attached hydrogen (secondary N) is 1. The van der Waals surface area contributed by atoms with Crippen molar-refractivity contribution >= 4 is 40.0 Å². The average molecular weight is 553 g/mol. The molecule has 1 N–H and O–H groups in total. The third kappa shape index (κ3) is 6.17. The van der Waals surface area contributed by atoms with E-state index in [1.54, 1.807) is 11.7 Å². The molecule has 0 aliphatic carbocycles. The SMILES string of the molecule is COC(=O)c1c(-c2cc(C)ccc2C)csc1NC(=O)CSc1nnc(COc2ccc(OC)cc2)n1C. The van der Waals surface area contributed by atoms with Crippen LogP contribution in [0.3, 0.4) is 0 Å². The van der Waals surface area contributed by atoms with Gasteiger partial charge in [-0.25, -0.2) is 4.79 Å². The number of nitrogens with zero attached hydrogens (tertiary/aromatic N) is 3. The minimum absolute atomic E-state index is 0.0859. The first-order chi connectivity index (χ1) is 18.3. The first kappa shape index (κ1) is 27.2. The molecule has 0 aliphatic heterocycles. The maximum absolute atomic E-state index is 12.8. The Morgan fingerprint density at radius 1 is 1.03 bits per heavy atom. The highest BCUT2D eigenvalue weighted by molar-refractivity contribution is 7.99. The molecule has 2 heterocycles. The molecule has 2 aromatic carbocycles. The summed E-state index contributed by atoms with van der Waals surface area (Å²) in [6.45, 7) is 4.21. The summed E-state index contributed by atoms with van der Waals surface area (Å²) in [5.74, 6) is 1.36. The molecule has 11 heteroatoms. The van der Waals surface area contributed by atoms with Crippen LogP contribution in [-0.2, 0) is 23.2 Å². The number of aromatic nitrogens is 3. The average Bonchev–Trinajstić information content (AvgIpc) is 3.50. The maximum Gasteiger partial charge on any atom is 0.341 e. The molecule has 4 aromatic rings. The van der Waals surface area contributed by atoms with Crippen LogP contribution in [-0.4, -0.2) is 46.6 Å². The molecule has 0 saturated carbocycles. The number of carbonyl (C=O) groups is 2. The standard InChI is InChI=1S/C27H28N4O5S2/c1-16-6-7-17(2)20(12-16)21-14-37-25(24(21)26(33)35-5)28-23(32)15-38-27-30-29-22(31(27)3)13-36-19-10-8-18(34-4)9-11-19/h6-12,14H,13,15H2,1-5H3,(H,28,32). The number of ether oxygens (including phenoxy) is 3. The lowest BCUT2D eigenvalue weighted by Crippen LogP contribution is -2.16. The molecule has 0 unspecified atom stereocenters. The van der Waals surface area contributed by atoms with E-state index in [1.165, 1.54) is 30.2 Å². The van der Waals surface area contributed by atoms with Gasteiger partial charge in [-0.3, -0.25) is 4.79 Å². The Hall–Kier alpha value is -3.83. The summed E-state index contributed by atoms with van der Waals surface area (Å²) >= 11 is 2.54. The van der Waals surface area contributed by atoms with Crippen LogP contribution in [0.5, 0.6) is 11.5 Å². The number of hydrogen-bond acceptors (Lipinski definition) is 9. The lowest BCUT2D eigenvalue weighted by atomic mass is 9.97. The van der Waals surface area contributed by atoms with E-state index in [9.17, 15) is 9.59 Å².